The molecular weight excluding hydrogens is 214 g/mol. The van der Waals surface area contributed by atoms with Crippen LogP contribution in [0.25, 0.3) is 5.69 Å². The van der Waals surface area contributed by atoms with E-state index in [0.29, 0.717) is 5.92 Å². The van der Waals surface area contributed by atoms with Crippen molar-refractivity contribution in [2.45, 2.75) is 19.3 Å². The summed E-state index contributed by atoms with van der Waals surface area (Å²) in [4.78, 5) is 4.28. The van der Waals surface area contributed by atoms with E-state index in [0.717, 1.165) is 30.9 Å². The molecule has 0 aliphatic carbocycles. The standard InChI is InChI=1S/C12H17N5/c1-3-10-12(7-16(2)15-10)17-8-14-6-11(17)9-4-13-5-9/h6-9,13H,3-5H2,1-2H3. The predicted octanol–water partition coefficient (Wildman–Crippen LogP) is 0.855. The van der Waals surface area contributed by atoms with E-state index < -0.39 is 0 Å². The van der Waals surface area contributed by atoms with Crippen molar-refractivity contribution in [3.63, 3.8) is 0 Å². The summed E-state index contributed by atoms with van der Waals surface area (Å²) in [6, 6.07) is 0. The first-order valence-electron chi connectivity index (χ1n) is 6.05. The molecule has 3 rings (SSSR count). The molecule has 2 aromatic rings. The molecule has 5 nitrogen and oxygen atoms in total. The van der Waals surface area contributed by atoms with Crippen LogP contribution in [0.5, 0.6) is 0 Å². The highest BCUT2D eigenvalue weighted by molar-refractivity contribution is 5.37. The molecule has 0 atom stereocenters. The molecule has 1 aliphatic rings. The van der Waals surface area contributed by atoms with Crippen molar-refractivity contribution in [1.82, 2.24) is 24.6 Å². The summed E-state index contributed by atoms with van der Waals surface area (Å²) >= 11 is 0. The quantitative estimate of drug-likeness (QED) is 0.852. The fourth-order valence-corrected chi connectivity index (χ4v) is 2.28. The van der Waals surface area contributed by atoms with Gasteiger partial charge in [-0.15, -0.1) is 0 Å². The van der Waals surface area contributed by atoms with Crippen molar-refractivity contribution in [2.75, 3.05) is 13.1 Å². The number of hydrogen-bond donors (Lipinski definition) is 1. The van der Waals surface area contributed by atoms with Crippen LogP contribution in [0.2, 0.25) is 0 Å². The molecular formula is C12H17N5. The highest BCUT2D eigenvalue weighted by Gasteiger charge is 2.24. The summed E-state index contributed by atoms with van der Waals surface area (Å²) in [5, 5.41) is 7.78. The first-order valence-corrected chi connectivity index (χ1v) is 6.05. The highest BCUT2D eigenvalue weighted by atomic mass is 15.3. The van der Waals surface area contributed by atoms with E-state index in [9.17, 15) is 0 Å². The Balaban J connectivity index is 2.05. The van der Waals surface area contributed by atoms with Crippen molar-refractivity contribution in [3.8, 4) is 5.69 Å². The molecule has 5 heteroatoms. The largest absolute Gasteiger partial charge is 0.315 e. The molecule has 0 bridgehead atoms. The minimum absolute atomic E-state index is 0.586. The number of imidazole rings is 1. The van der Waals surface area contributed by atoms with E-state index in [1.807, 2.05) is 24.3 Å². The molecule has 0 spiro atoms. The summed E-state index contributed by atoms with van der Waals surface area (Å²) in [7, 11) is 1.96. The number of nitrogens with one attached hydrogen (secondary N) is 1. The lowest BCUT2D eigenvalue weighted by Crippen LogP contribution is -2.40. The smallest absolute Gasteiger partial charge is 0.0995 e. The highest BCUT2D eigenvalue weighted by Crippen LogP contribution is 2.24. The fraction of sp³-hybridized carbons (Fsp3) is 0.500. The zero-order chi connectivity index (χ0) is 11.8. The lowest BCUT2D eigenvalue weighted by molar-refractivity contribution is 0.435. The molecule has 1 aliphatic heterocycles. The van der Waals surface area contributed by atoms with Gasteiger partial charge in [-0.3, -0.25) is 9.25 Å². The van der Waals surface area contributed by atoms with Crippen LogP contribution in [0.1, 0.15) is 24.2 Å². The second-order valence-corrected chi connectivity index (χ2v) is 4.53. The van der Waals surface area contributed by atoms with Gasteiger partial charge in [-0.25, -0.2) is 4.98 Å². The van der Waals surface area contributed by atoms with Gasteiger partial charge in [0.1, 0.15) is 0 Å². The van der Waals surface area contributed by atoms with Gasteiger partial charge in [0, 0.05) is 44.1 Å². The average Bonchev–Trinajstić information content (AvgIpc) is 2.81. The number of aromatic nitrogens is 4. The fourth-order valence-electron chi connectivity index (χ4n) is 2.28. The third-order valence-electron chi connectivity index (χ3n) is 3.34. The van der Waals surface area contributed by atoms with E-state index in [4.69, 9.17) is 0 Å². The van der Waals surface area contributed by atoms with Gasteiger partial charge in [-0.05, 0) is 6.42 Å². The third kappa shape index (κ3) is 1.67. The minimum Gasteiger partial charge on any atom is -0.315 e. The van der Waals surface area contributed by atoms with Crippen molar-refractivity contribution in [1.29, 1.82) is 0 Å². The Kier molecular flexibility index (Phi) is 2.48. The summed E-state index contributed by atoms with van der Waals surface area (Å²) in [5.41, 5.74) is 3.57. The van der Waals surface area contributed by atoms with Crippen molar-refractivity contribution in [2.24, 2.45) is 7.05 Å². The zero-order valence-electron chi connectivity index (χ0n) is 10.2. The second-order valence-electron chi connectivity index (χ2n) is 4.53. The Hall–Kier alpha value is -1.62. The number of aryl methyl sites for hydroxylation is 2. The summed E-state index contributed by atoms with van der Waals surface area (Å²) in [5.74, 6) is 0.586. The van der Waals surface area contributed by atoms with Crippen molar-refractivity contribution in [3.05, 3.63) is 30.1 Å². The monoisotopic (exact) mass is 231 g/mol. The maximum atomic E-state index is 4.48. The number of nitrogens with zero attached hydrogens (tertiary/aromatic N) is 4. The maximum absolute atomic E-state index is 4.48. The van der Waals surface area contributed by atoms with Crippen LogP contribution >= 0.6 is 0 Å². The molecule has 1 saturated heterocycles. The molecule has 90 valence electrons. The van der Waals surface area contributed by atoms with Crippen LogP contribution in [-0.4, -0.2) is 32.4 Å². The van der Waals surface area contributed by atoms with E-state index >= 15 is 0 Å². The average molecular weight is 231 g/mol. The van der Waals surface area contributed by atoms with Crippen LogP contribution in [0.4, 0.5) is 0 Å². The molecule has 17 heavy (non-hydrogen) atoms. The number of rotatable bonds is 3. The lowest BCUT2D eigenvalue weighted by Gasteiger charge is -2.27. The van der Waals surface area contributed by atoms with Gasteiger partial charge >= 0.3 is 0 Å². The van der Waals surface area contributed by atoms with Gasteiger partial charge in [0.05, 0.1) is 17.7 Å². The zero-order valence-corrected chi connectivity index (χ0v) is 10.2. The minimum atomic E-state index is 0.586. The maximum Gasteiger partial charge on any atom is 0.0995 e. The number of hydrogen-bond acceptors (Lipinski definition) is 3. The van der Waals surface area contributed by atoms with Gasteiger partial charge < -0.3 is 5.32 Å². The van der Waals surface area contributed by atoms with E-state index in [2.05, 4.69) is 33.1 Å². The molecule has 0 saturated carbocycles. The Morgan fingerprint density at radius 2 is 2.29 bits per heavy atom. The molecule has 1 N–H and O–H groups in total. The van der Waals surface area contributed by atoms with Gasteiger partial charge in [0.15, 0.2) is 0 Å². The van der Waals surface area contributed by atoms with E-state index in [1.165, 1.54) is 5.69 Å². The molecule has 2 aromatic heterocycles. The van der Waals surface area contributed by atoms with Crippen LogP contribution in [-0.2, 0) is 13.5 Å². The molecule has 0 radical (unpaired) electrons. The third-order valence-corrected chi connectivity index (χ3v) is 3.34. The Morgan fingerprint density at radius 3 is 2.94 bits per heavy atom. The molecule has 1 fully saturated rings. The Morgan fingerprint density at radius 1 is 1.47 bits per heavy atom. The van der Waals surface area contributed by atoms with Gasteiger partial charge in [-0.1, -0.05) is 6.92 Å². The van der Waals surface area contributed by atoms with Crippen molar-refractivity contribution >= 4 is 0 Å². The molecule has 0 unspecified atom stereocenters. The predicted molar refractivity (Wildman–Crippen MR) is 65.3 cm³/mol. The Bertz CT molecular complexity index is 521. The van der Waals surface area contributed by atoms with Gasteiger partial charge in [0.2, 0.25) is 0 Å². The lowest BCUT2D eigenvalue weighted by atomic mass is 10.00. The first-order chi connectivity index (χ1) is 8.29. The van der Waals surface area contributed by atoms with Crippen LogP contribution in [0, 0.1) is 0 Å². The summed E-state index contributed by atoms with van der Waals surface area (Å²) < 4.78 is 4.05. The van der Waals surface area contributed by atoms with Crippen LogP contribution < -0.4 is 5.32 Å². The van der Waals surface area contributed by atoms with Crippen molar-refractivity contribution < 1.29 is 0 Å². The summed E-state index contributed by atoms with van der Waals surface area (Å²) in [6.45, 7) is 4.23. The van der Waals surface area contributed by atoms with E-state index in [-0.39, 0.29) is 0 Å². The van der Waals surface area contributed by atoms with Gasteiger partial charge in [0.25, 0.3) is 0 Å². The van der Waals surface area contributed by atoms with E-state index in [1.54, 1.807) is 0 Å². The molecule has 0 amide bonds. The van der Waals surface area contributed by atoms with Crippen LogP contribution in [0.15, 0.2) is 18.7 Å². The van der Waals surface area contributed by atoms with Crippen LogP contribution in [0.3, 0.4) is 0 Å². The second kappa shape index (κ2) is 4.00. The molecule has 3 heterocycles. The topological polar surface area (TPSA) is 47.7 Å². The normalized spacial score (nSPS) is 16.1. The summed E-state index contributed by atoms with van der Waals surface area (Å²) in [6.07, 6.45) is 6.87. The first kappa shape index (κ1) is 10.5. The molecule has 0 aromatic carbocycles. The van der Waals surface area contributed by atoms with Gasteiger partial charge in [-0.2, -0.15) is 5.10 Å². The SMILES string of the molecule is CCc1nn(C)cc1-n1cncc1C1CNC1. The Labute approximate surface area is 100 Å².